The van der Waals surface area contributed by atoms with Gasteiger partial charge in [0.2, 0.25) is 5.95 Å². The van der Waals surface area contributed by atoms with Crippen molar-refractivity contribution in [3.05, 3.63) is 6.33 Å². The molecule has 1 aliphatic heterocycles. The Morgan fingerprint density at radius 2 is 2.23 bits per heavy atom. The molecule has 2 aromatic rings. The molecule has 3 rings (SSSR count). The zero-order chi connectivity index (χ0) is 21.8. The highest BCUT2D eigenvalue weighted by Crippen LogP contribution is 2.37. The van der Waals surface area contributed by atoms with Crippen LogP contribution in [0.2, 0.25) is 0 Å². The monoisotopic (exact) mass is 441 g/mol. The number of hydrogen-bond donors (Lipinski definition) is 3. The summed E-state index contributed by atoms with van der Waals surface area (Å²) < 4.78 is 30.3. The fraction of sp³-hybridized carbons (Fsp3) is 0.647. The Hall–Kier alpha value is -2.27. The molecule has 3 heterocycles. The van der Waals surface area contributed by atoms with E-state index in [-0.39, 0.29) is 43.5 Å². The lowest BCUT2D eigenvalue weighted by Crippen LogP contribution is -2.23. The van der Waals surface area contributed by atoms with Gasteiger partial charge in [0.25, 0.3) is 8.18 Å². The van der Waals surface area contributed by atoms with Crippen molar-refractivity contribution < 1.29 is 23.4 Å². The fourth-order valence-electron chi connectivity index (χ4n) is 3.33. The molecular formula is C17H28N7O5P. The van der Waals surface area contributed by atoms with Gasteiger partial charge in [-0.2, -0.15) is 9.97 Å². The highest BCUT2D eigenvalue weighted by molar-refractivity contribution is 7.36. The summed E-state index contributed by atoms with van der Waals surface area (Å²) in [5, 5.41) is 5.50. The van der Waals surface area contributed by atoms with Gasteiger partial charge in [-0.3, -0.25) is 13.9 Å². The zero-order valence-electron chi connectivity index (χ0n) is 17.4. The minimum Gasteiger partial charge on any atom is -0.462 e. The SMILES string of the molecule is CNc1nc(N)nc2c1ncn2C1OC(CO[PH](=O)NCC(=O)OC(C)C)CC1C. The number of rotatable bonds is 9. The second-order valence-corrected chi connectivity index (χ2v) is 8.57. The molecule has 0 aliphatic carbocycles. The maximum absolute atomic E-state index is 12.0. The Balaban J connectivity index is 1.57. The molecule has 12 nitrogen and oxygen atoms in total. The Kier molecular flexibility index (Phi) is 7.24. The molecular weight excluding hydrogens is 413 g/mol. The van der Waals surface area contributed by atoms with Gasteiger partial charge in [-0.05, 0) is 20.3 Å². The molecule has 30 heavy (non-hydrogen) atoms. The number of hydrogen-bond acceptors (Lipinski definition) is 10. The van der Waals surface area contributed by atoms with Crippen molar-refractivity contribution in [2.24, 2.45) is 5.92 Å². The molecule has 0 aromatic carbocycles. The summed E-state index contributed by atoms with van der Waals surface area (Å²) in [6, 6.07) is 0. The smallest absolute Gasteiger partial charge is 0.320 e. The number of imidazole rings is 1. The fourth-order valence-corrected chi connectivity index (χ4v) is 4.06. The van der Waals surface area contributed by atoms with Crippen LogP contribution in [0.1, 0.15) is 33.4 Å². The van der Waals surface area contributed by atoms with Crippen LogP contribution in [-0.2, 0) is 23.4 Å². The van der Waals surface area contributed by atoms with E-state index in [2.05, 4.69) is 25.4 Å². The molecule has 0 spiro atoms. The maximum atomic E-state index is 12.0. The number of carbonyl (C=O) groups excluding carboxylic acids is 1. The second-order valence-electron chi connectivity index (χ2n) is 7.36. The molecule has 1 aliphatic rings. The summed E-state index contributed by atoms with van der Waals surface area (Å²) >= 11 is 0. The molecule has 0 saturated carbocycles. The van der Waals surface area contributed by atoms with E-state index < -0.39 is 14.1 Å². The molecule has 0 amide bonds. The van der Waals surface area contributed by atoms with Gasteiger partial charge in [-0.1, -0.05) is 6.92 Å². The Bertz CT molecular complexity index is 921. The highest BCUT2D eigenvalue weighted by atomic mass is 31.1. The molecule has 2 aromatic heterocycles. The number of nitrogen functional groups attached to an aromatic ring is 1. The van der Waals surface area contributed by atoms with Gasteiger partial charge < -0.3 is 25.0 Å². The third-order valence-electron chi connectivity index (χ3n) is 4.55. The predicted octanol–water partition coefficient (Wildman–Crippen LogP) is 1.32. The van der Waals surface area contributed by atoms with E-state index in [1.165, 1.54) is 0 Å². The number of esters is 1. The van der Waals surface area contributed by atoms with E-state index in [9.17, 15) is 9.36 Å². The minimum absolute atomic E-state index is 0.135. The van der Waals surface area contributed by atoms with Gasteiger partial charge in [0.1, 0.15) is 12.8 Å². The highest BCUT2D eigenvalue weighted by Gasteiger charge is 2.35. The van der Waals surface area contributed by atoms with Crippen molar-refractivity contribution in [2.75, 3.05) is 31.2 Å². The molecule has 166 valence electrons. The number of carbonyl (C=O) groups is 1. The Labute approximate surface area is 174 Å². The Morgan fingerprint density at radius 1 is 1.47 bits per heavy atom. The average molecular weight is 441 g/mol. The van der Waals surface area contributed by atoms with E-state index in [1.807, 2.05) is 11.5 Å². The molecule has 0 bridgehead atoms. The van der Waals surface area contributed by atoms with Crippen LogP contribution in [-0.4, -0.2) is 57.9 Å². The molecule has 4 N–H and O–H groups in total. The van der Waals surface area contributed by atoms with Crippen molar-refractivity contribution in [3.8, 4) is 0 Å². The zero-order valence-corrected chi connectivity index (χ0v) is 18.4. The van der Waals surface area contributed by atoms with Crippen LogP contribution in [0.5, 0.6) is 0 Å². The summed E-state index contributed by atoms with van der Waals surface area (Å²) in [5.41, 5.74) is 6.99. The standard InChI is InChI=1S/C17H28N7O5P/c1-9(2)28-12(25)6-21-30(26)27-7-11-5-10(3)16(29-11)24-8-20-13-14(19-4)22-17(18)23-15(13)24/h8-11,16,30H,5-7H2,1-4H3,(H,21,26)(H3,18,19,22,23). The number of ether oxygens (including phenoxy) is 2. The van der Waals surface area contributed by atoms with Gasteiger partial charge in [-0.25, -0.2) is 10.1 Å². The van der Waals surface area contributed by atoms with Crippen LogP contribution in [0.3, 0.4) is 0 Å². The molecule has 1 saturated heterocycles. The van der Waals surface area contributed by atoms with Crippen LogP contribution in [0.25, 0.3) is 11.2 Å². The third kappa shape index (κ3) is 5.25. The van der Waals surface area contributed by atoms with Gasteiger partial charge in [0.05, 0.1) is 25.1 Å². The molecule has 4 unspecified atom stereocenters. The van der Waals surface area contributed by atoms with Crippen molar-refractivity contribution in [1.29, 1.82) is 0 Å². The van der Waals surface area contributed by atoms with Gasteiger partial charge in [0.15, 0.2) is 17.0 Å². The summed E-state index contributed by atoms with van der Waals surface area (Å²) in [6.45, 7) is 5.50. The van der Waals surface area contributed by atoms with E-state index in [0.717, 1.165) is 0 Å². The topological polar surface area (TPSA) is 156 Å². The quantitative estimate of drug-likeness (QED) is 0.381. The van der Waals surface area contributed by atoms with Crippen molar-refractivity contribution >= 4 is 37.1 Å². The van der Waals surface area contributed by atoms with E-state index >= 15 is 0 Å². The lowest BCUT2D eigenvalue weighted by Gasteiger charge is -2.18. The lowest BCUT2D eigenvalue weighted by molar-refractivity contribution is -0.145. The number of anilines is 2. The van der Waals surface area contributed by atoms with Crippen LogP contribution < -0.4 is 16.1 Å². The van der Waals surface area contributed by atoms with Crippen LogP contribution >= 0.6 is 8.18 Å². The first-order chi connectivity index (χ1) is 14.3. The minimum atomic E-state index is -2.59. The largest absolute Gasteiger partial charge is 0.462 e. The first-order valence-electron chi connectivity index (χ1n) is 9.71. The first-order valence-corrected chi connectivity index (χ1v) is 11.0. The van der Waals surface area contributed by atoms with Crippen LogP contribution in [0.4, 0.5) is 11.8 Å². The molecule has 0 radical (unpaired) electrons. The lowest BCUT2D eigenvalue weighted by atomic mass is 10.1. The third-order valence-corrected chi connectivity index (χ3v) is 5.44. The number of aromatic nitrogens is 4. The number of nitrogens with one attached hydrogen (secondary N) is 2. The molecule has 13 heteroatoms. The van der Waals surface area contributed by atoms with E-state index in [4.69, 9.17) is 19.7 Å². The van der Waals surface area contributed by atoms with E-state index in [0.29, 0.717) is 23.4 Å². The summed E-state index contributed by atoms with van der Waals surface area (Å²) in [7, 11) is -0.852. The van der Waals surface area contributed by atoms with Gasteiger partial charge in [-0.15, -0.1) is 0 Å². The van der Waals surface area contributed by atoms with Crippen molar-refractivity contribution in [3.63, 3.8) is 0 Å². The maximum Gasteiger partial charge on any atom is 0.320 e. The normalized spacial score (nSPS) is 22.5. The summed E-state index contributed by atoms with van der Waals surface area (Å²) in [5.74, 6) is 0.343. The summed E-state index contributed by atoms with van der Waals surface area (Å²) in [6.07, 6.45) is 1.54. The van der Waals surface area contributed by atoms with Gasteiger partial charge in [0, 0.05) is 13.0 Å². The number of nitrogens with two attached hydrogens (primary N) is 1. The van der Waals surface area contributed by atoms with Crippen LogP contribution in [0, 0.1) is 5.92 Å². The van der Waals surface area contributed by atoms with Crippen molar-refractivity contribution in [2.45, 2.75) is 45.6 Å². The molecule has 4 atom stereocenters. The van der Waals surface area contributed by atoms with E-state index in [1.54, 1.807) is 27.2 Å². The number of fused-ring (bicyclic) bond motifs is 1. The molecule has 1 fully saturated rings. The first kappa shape index (κ1) is 22.4. The second kappa shape index (κ2) is 9.69. The van der Waals surface area contributed by atoms with Crippen LogP contribution in [0.15, 0.2) is 6.33 Å². The Morgan fingerprint density at radius 3 is 2.93 bits per heavy atom. The number of nitrogens with zero attached hydrogens (tertiary/aromatic N) is 4. The predicted molar refractivity (Wildman–Crippen MR) is 111 cm³/mol. The summed E-state index contributed by atoms with van der Waals surface area (Å²) in [4.78, 5) is 24.3. The van der Waals surface area contributed by atoms with Crippen molar-refractivity contribution in [1.82, 2.24) is 24.6 Å². The van der Waals surface area contributed by atoms with Gasteiger partial charge >= 0.3 is 5.97 Å². The average Bonchev–Trinajstić information content (AvgIpc) is 3.26.